The maximum Gasteiger partial charge on any atom is 0.278 e. The van der Waals surface area contributed by atoms with Gasteiger partial charge in [-0.15, -0.1) is 5.10 Å². The van der Waals surface area contributed by atoms with E-state index in [9.17, 15) is 19.7 Å². The van der Waals surface area contributed by atoms with Gasteiger partial charge in [0, 0.05) is 12.1 Å². The van der Waals surface area contributed by atoms with Gasteiger partial charge in [0.15, 0.2) is 0 Å². The Morgan fingerprint density at radius 3 is 2.80 bits per heavy atom. The largest absolute Gasteiger partial charge is 0.323 e. The van der Waals surface area contributed by atoms with E-state index >= 15 is 0 Å². The Kier molecular flexibility index (Phi) is 4.40. The first-order chi connectivity index (χ1) is 12.0. The standard InChI is InChI=1S/C15H10ClN5O4/c16-11-6-5-9(21(24)25)7-13(11)17-14(22)8-20-15(23)10-3-1-2-4-12(10)18-19-20/h1-7H,8H2,(H,17,22). The molecule has 2 aromatic carbocycles. The van der Waals surface area contributed by atoms with Crippen LogP contribution in [0.3, 0.4) is 0 Å². The molecule has 1 aromatic heterocycles. The van der Waals surface area contributed by atoms with Crippen LogP contribution in [0.1, 0.15) is 0 Å². The second-order valence-corrected chi connectivity index (χ2v) is 5.45. The SMILES string of the molecule is O=C(Cn1nnc2ccccc2c1=O)Nc1cc([N+](=O)[O-])ccc1Cl. The lowest BCUT2D eigenvalue weighted by molar-refractivity contribution is -0.384. The first-order valence-electron chi connectivity index (χ1n) is 7.02. The summed E-state index contributed by atoms with van der Waals surface area (Å²) >= 11 is 5.92. The third-order valence-electron chi connectivity index (χ3n) is 3.36. The number of rotatable bonds is 4. The minimum absolute atomic E-state index is 0.0719. The summed E-state index contributed by atoms with van der Waals surface area (Å²) in [6, 6.07) is 10.3. The fourth-order valence-electron chi connectivity index (χ4n) is 2.18. The average Bonchev–Trinajstić information content (AvgIpc) is 2.59. The number of non-ortho nitro benzene ring substituents is 1. The lowest BCUT2D eigenvalue weighted by atomic mass is 10.2. The van der Waals surface area contributed by atoms with E-state index in [0.717, 1.165) is 10.7 Å². The summed E-state index contributed by atoms with van der Waals surface area (Å²) in [5, 5.41) is 21.3. The zero-order valence-corrected chi connectivity index (χ0v) is 13.3. The van der Waals surface area contributed by atoms with Gasteiger partial charge in [0.2, 0.25) is 5.91 Å². The van der Waals surface area contributed by atoms with Crippen LogP contribution in [0.15, 0.2) is 47.3 Å². The Bertz CT molecular complexity index is 1050. The number of carbonyl (C=O) groups excluding carboxylic acids is 1. The number of hydrogen-bond acceptors (Lipinski definition) is 6. The number of halogens is 1. The summed E-state index contributed by atoms with van der Waals surface area (Å²) in [5.74, 6) is -0.617. The van der Waals surface area contributed by atoms with Crippen LogP contribution >= 0.6 is 11.6 Å². The molecular formula is C15H10ClN5O4. The molecule has 0 spiro atoms. The van der Waals surface area contributed by atoms with E-state index in [4.69, 9.17) is 11.6 Å². The fraction of sp³-hybridized carbons (Fsp3) is 0.0667. The van der Waals surface area contributed by atoms with Gasteiger partial charge in [-0.2, -0.15) is 0 Å². The van der Waals surface area contributed by atoms with Crippen LogP contribution in [0, 0.1) is 10.1 Å². The molecule has 0 unspecified atom stereocenters. The monoisotopic (exact) mass is 359 g/mol. The van der Waals surface area contributed by atoms with Gasteiger partial charge in [0.25, 0.3) is 11.2 Å². The number of nitrogens with one attached hydrogen (secondary N) is 1. The minimum Gasteiger partial charge on any atom is -0.323 e. The molecule has 126 valence electrons. The highest BCUT2D eigenvalue weighted by Gasteiger charge is 2.14. The average molecular weight is 360 g/mol. The molecule has 0 bridgehead atoms. The van der Waals surface area contributed by atoms with Crippen LogP contribution in [0.4, 0.5) is 11.4 Å². The molecule has 0 atom stereocenters. The van der Waals surface area contributed by atoms with Crippen molar-refractivity contribution in [2.75, 3.05) is 5.32 Å². The van der Waals surface area contributed by atoms with Crippen molar-refractivity contribution in [3.05, 3.63) is 68.0 Å². The first kappa shape index (κ1) is 16.5. The highest BCUT2D eigenvalue weighted by molar-refractivity contribution is 6.33. The Morgan fingerprint density at radius 2 is 2.04 bits per heavy atom. The van der Waals surface area contributed by atoms with Crippen LogP contribution in [-0.2, 0) is 11.3 Å². The Balaban J connectivity index is 1.84. The van der Waals surface area contributed by atoms with Crippen molar-refractivity contribution in [2.45, 2.75) is 6.54 Å². The summed E-state index contributed by atoms with van der Waals surface area (Å²) < 4.78 is 0.906. The zero-order chi connectivity index (χ0) is 18.0. The van der Waals surface area contributed by atoms with E-state index in [-0.39, 0.29) is 16.4 Å². The molecule has 1 heterocycles. The number of nitro benzene ring substituents is 1. The van der Waals surface area contributed by atoms with E-state index in [1.807, 2.05) is 0 Å². The maximum atomic E-state index is 12.3. The van der Waals surface area contributed by atoms with Gasteiger partial charge in [0.05, 0.1) is 21.0 Å². The summed E-state index contributed by atoms with van der Waals surface area (Å²) in [4.78, 5) is 34.6. The summed E-state index contributed by atoms with van der Waals surface area (Å²) in [5.41, 5.74) is -0.193. The molecule has 0 aliphatic heterocycles. The number of benzene rings is 2. The molecule has 25 heavy (non-hydrogen) atoms. The minimum atomic E-state index is -0.617. The number of fused-ring (bicyclic) bond motifs is 1. The van der Waals surface area contributed by atoms with Crippen molar-refractivity contribution in [3.8, 4) is 0 Å². The number of nitrogens with zero attached hydrogens (tertiary/aromatic N) is 4. The highest BCUT2D eigenvalue weighted by atomic mass is 35.5. The molecule has 1 amide bonds. The van der Waals surface area contributed by atoms with Crippen molar-refractivity contribution in [1.82, 2.24) is 15.0 Å². The van der Waals surface area contributed by atoms with Gasteiger partial charge >= 0.3 is 0 Å². The number of carbonyl (C=O) groups is 1. The van der Waals surface area contributed by atoms with Gasteiger partial charge < -0.3 is 5.32 Å². The van der Waals surface area contributed by atoms with E-state index < -0.39 is 22.9 Å². The van der Waals surface area contributed by atoms with Gasteiger partial charge in [-0.1, -0.05) is 28.9 Å². The number of hydrogen-bond donors (Lipinski definition) is 1. The number of amides is 1. The third-order valence-corrected chi connectivity index (χ3v) is 3.69. The molecule has 10 heteroatoms. The Labute approximate surface area is 145 Å². The molecule has 0 fully saturated rings. The molecule has 0 saturated carbocycles. The number of nitro groups is 1. The van der Waals surface area contributed by atoms with Gasteiger partial charge in [-0.05, 0) is 18.2 Å². The molecule has 3 aromatic rings. The van der Waals surface area contributed by atoms with Crippen molar-refractivity contribution in [2.24, 2.45) is 0 Å². The van der Waals surface area contributed by atoms with Gasteiger partial charge in [-0.3, -0.25) is 19.7 Å². The molecule has 0 aliphatic carbocycles. The first-order valence-corrected chi connectivity index (χ1v) is 7.40. The van der Waals surface area contributed by atoms with E-state index in [1.54, 1.807) is 24.3 Å². The van der Waals surface area contributed by atoms with Crippen molar-refractivity contribution >= 4 is 39.8 Å². The van der Waals surface area contributed by atoms with Crippen LogP contribution in [0.5, 0.6) is 0 Å². The molecule has 3 rings (SSSR count). The van der Waals surface area contributed by atoms with Crippen molar-refractivity contribution < 1.29 is 9.72 Å². The maximum absolute atomic E-state index is 12.3. The third kappa shape index (κ3) is 3.45. The second kappa shape index (κ2) is 6.65. The normalized spacial score (nSPS) is 10.6. The quantitative estimate of drug-likeness (QED) is 0.561. The van der Waals surface area contributed by atoms with E-state index in [0.29, 0.717) is 10.9 Å². The summed E-state index contributed by atoms with van der Waals surface area (Å²) in [6.45, 7) is -0.407. The molecule has 0 aliphatic rings. The predicted molar refractivity (Wildman–Crippen MR) is 90.5 cm³/mol. The number of aromatic nitrogens is 3. The highest BCUT2D eigenvalue weighted by Crippen LogP contribution is 2.26. The van der Waals surface area contributed by atoms with Crippen LogP contribution < -0.4 is 10.9 Å². The van der Waals surface area contributed by atoms with Gasteiger partial charge in [-0.25, -0.2) is 4.68 Å². The molecule has 0 saturated heterocycles. The molecule has 1 N–H and O–H groups in total. The summed E-state index contributed by atoms with van der Waals surface area (Å²) in [7, 11) is 0. The topological polar surface area (TPSA) is 120 Å². The van der Waals surface area contributed by atoms with E-state index in [2.05, 4.69) is 15.6 Å². The Morgan fingerprint density at radius 1 is 1.28 bits per heavy atom. The fourth-order valence-corrected chi connectivity index (χ4v) is 2.34. The molecule has 0 radical (unpaired) electrons. The summed E-state index contributed by atoms with van der Waals surface area (Å²) in [6.07, 6.45) is 0. The Hall–Kier alpha value is -3.33. The molecule has 9 nitrogen and oxygen atoms in total. The smallest absolute Gasteiger partial charge is 0.278 e. The number of anilines is 1. The van der Waals surface area contributed by atoms with Gasteiger partial charge in [0.1, 0.15) is 12.1 Å². The van der Waals surface area contributed by atoms with Crippen molar-refractivity contribution in [3.63, 3.8) is 0 Å². The van der Waals surface area contributed by atoms with Crippen LogP contribution in [0.2, 0.25) is 5.02 Å². The molecular weight excluding hydrogens is 350 g/mol. The zero-order valence-electron chi connectivity index (χ0n) is 12.5. The lowest BCUT2D eigenvalue weighted by Crippen LogP contribution is -2.30. The second-order valence-electron chi connectivity index (χ2n) is 5.04. The predicted octanol–water partition coefficient (Wildman–Crippen LogP) is 1.99. The van der Waals surface area contributed by atoms with Crippen LogP contribution in [0.25, 0.3) is 10.9 Å². The van der Waals surface area contributed by atoms with E-state index in [1.165, 1.54) is 12.1 Å². The lowest BCUT2D eigenvalue weighted by Gasteiger charge is -2.08. The van der Waals surface area contributed by atoms with Crippen LogP contribution in [-0.4, -0.2) is 25.8 Å². The van der Waals surface area contributed by atoms with Crippen molar-refractivity contribution in [1.29, 1.82) is 0 Å².